The zero-order valence-electron chi connectivity index (χ0n) is 12.5. The molecule has 0 aromatic heterocycles. The van der Waals surface area contributed by atoms with Crippen molar-refractivity contribution >= 4 is 28.9 Å². The van der Waals surface area contributed by atoms with Crippen molar-refractivity contribution in [3.63, 3.8) is 0 Å². The van der Waals surface area contributed by atoms with Gasteiger partial charge in [0.2, 0.25) is 0 Å². The summed E-state index contributed by atoms with van der Waals surface area (Å²) in [4.78, 5) is 2.15. The maximum Gasteiger partial charge on any atom is 0.0501 e. The molecule has 2 aromatic rings. The Morgan fingerprint density at radius 3 is 2.52 bits per heavy atom. The number of hydrogen-bond acceptors (Lipinski definition) is 2. The Labute approximate surface area is 136 Å². The summed E-state index contributed by atoms with van der Waals surface area (Å²) in [5.74, 6) is 0. The van der Waals surface area contributed by atoms with Crippen molar-refractivity contribution in [2.75, 3.05) is 19.4 Å². The monoisotopic (exact) mass is 322 g/mol. The third-order valence-corrected chi connectivity index (χ3v) is 3.88. The summed E-state index contributed by atoms with van der Waals surface area (Å²) in [6.07, 6.45) is 0. The molecule has 0 saturated heterocycles. The van der Waals surface area contributed by atoms with Gasteiger partial charge in [0.15, 0.2) is 0 Å². The third-order valence-electron chi connectivity index (χ3n) is 3.30. The number of benzene rings is 2. The van der Waals surface area contributed by atoms with Crippen LogP contribution in [0.4, 0.5) is 5.69 Å². The molecule has 0 heterocycles. The lowest BCUT2D eigenvalue weighted by atomic mass is 10.1. The molecule has 2 aromatic carbocycles. The van der Waals surface area contributed by atoms with Gasteiger partial charge < -0.3 is 10.2 Å². The predicted molar refractivity (Wildman–Crippen MR) is 92.3 cm³/mol. The number of para-hydroxylation sites is 1. The first kappa shape index (κ1) is 16.2. The molecular weight excluding hydrogens is 303 g/mol. The first-order chi connectivity index (χ1) is 9.97. The second-order valence-electron chi connectivity index (χ2n) is 5.43. The summed E-state index contributed by atoms with van der Waals surface area (Å²) in [6.45, 7) is 2.98. The molecule has 0 aliphatic rings. The minimum Gasteiger partial charge on any atom is -0.378 e. The Morgan fingerprint density at radius 2 is 1.81 bits per heavy atom. The number of rotatable bonds is 5. The normalized spacial score (nSPS) is 12.5. The van der Waals surface area contributed by atoms with E-state index in [-0.39, 0.29) is 6.04 Å². The molecule has 0 amide bonds. The summed E-state index contributed by atoms with van der Waals surface area (Å²) in [5, 5.41) is 4.96. The Hall–Kier alpha value is -1.22. The van der Waals surface area contributed by atoms with Gasteiger partial charge in [0.25, 0.3) is 0 Å². The van der Waals surface area contributed by atoms with Crippen LogP contribution >= 0.6 is 23.2 Å². The fourth-order valence-electron chi connectivity index (χ4n) is 2.30. The van der Waals surface area contributed by atoms with E-state index in [1.165, 1.54) is 5.56 Å². The lowest BCUT2D eigenvalue weighted by molar-refractivity contribution is 0.403. The molecule has 0 aliphatic heterocycles. The Bertz CT molecular complexity index is 611. The maximum atomic E-state index is 6.27. The van der Waals surface area contributed by atoms with Gasteiger partial charge in [-0.2, -0.15) is 0 Å². The molecular formula is C17H20Cl2N2. The molecule has 1 N–H and O–H groups in total. The summed E-state index contributed by atoms with van der Waals surface area (Å²) in [6, 6.07) is 14.0. The van der Waals surface area contributed by atoms with E-state index in [9.17, 15) is 0 Å². The highest BCUT2D eigenvalue weighted by molar-refractivity contribution is 6.33. The van der Waals surface area contributed by atoms with Crippen molar-refractivity contribution in [3.8, 4) is 0 Å². The van der Waals surface area contributed by atoms with E-state index in [2.05, 4.69) is 49.4 Å². The fourth-order valence-corrected chi connectivity index (χ4v) is 2.76. The fraction of sp³-hybridized carbons (Fsp3) is 0.294. The van der Waals surface area contributed by atoms with Crippen LogP contribution in [0.5, 0.6) is 0 Å². The quantitative estimate of drug-likeness (QED) is 0.811. The van der Waals surface area contributed by atoms with Crippen molar-refractivity contribution in [1.29, 1.82) is 0 Å². The Kier molecular flexibility index (Phi) is 5.51. The lowest BCUT2D eigenvalue weighted by Gasteiger charge is -2.21. The van der Waals surface area contributed by atoms with Gasteiger partial charge in [-0.15, -0.1) is 0 Å². The number of halogens is 2. The summed E-state index contributed by atoms with van der Waals surface area (Å²) in [5.41, 5.74) is 3.38. The Morgan fingerprint density at radius 1 is 1.10 bits per heavy atom. The molecule has 2 nitrogen and oxygen atoms in total. The molecule has 112 valence electrons. The van der Waals surface area contributed by atoms with Crippen molar-refractivity contribution in [3.05, 3.63) is 63.6 Å². The lowest BCUT2D eigenvalue weighted by Crippen LogP contribution is -2.14. The first-order valence-electron chi connectivity index (χ1n) is 6.91. The van der Waals surface area contributed by atoms with Gasteiger partial charge in [-0.1, -0.05) is 41.4 Å². The Balaban J connectivity index is 2.23. The van der Waals surface area contributed by atoms with Crippen molar-refractivity contribution < 1.29 is 0 Å². The molecule has 21 heavy (non-hydrogen) atoms. The second-order valence-corrected chi connectivity index (χ2v) is 6.27. The molecule has 0 saturated carbocycles. The number of anilines is 1. The zero-order chi connectivity index (χ0) is 15.4. The van der Waals surface area contributed by atoms with Gasteiger partial charge in [-0.3, -0.25) is 0 Å². The van der Waals surface area contributed by atoms with Gasteiger partial charge in [0.05, 0.1) is 6.04 Å². The summed E-state index contributed by atoms with van der Waals surface area (Å²) >= 11 is 12.3. The van der Waals surface area contributed by atoms with Crippen molar-refractivity contribution in [2.45, 2.75) is 19.5 Å². The molecule has 1 atom stereocenters. The van der Waals surface area contributed by atoms with E-state index >= 15 is 0 Å². The van der Waals surface area contributed by atoms with Crippen LogP contribution in [0.3, 0.4) is 0 Å². The van der Waals surface area contributed by atoms with E-state index in [0.717, 1.165) is 22.8 Å². The standard InChI is InChI=1S/C17H20Cl2N2/c1-12(15-10-14(18)8-9-16(15)19)20-17-7-5-4-6-13(17)11-21(2)3/h4-10,12,20H,11H2,1-3H3. The first-order valence-corrected chi connectivity index (χ1v) is 7.67. The van der Waals surface area contributed by atoms with E-state index in [4.69, 9.17) is 23.2 Å². The summed E-state index contributed by atoms with van der Waals surface area (Å²) < 4.78 is 0. The van der Waals surface area contributed by atoms with Gasteiger partial charge in [-0.05, 0) is 56.4 Å². The van der Waals surface area contributed by atoms with E-state index < -0.39 is 0 Å². The van der Waals surface area contributed by atoms with Crippen molar-refractivity contribution in [2.24, 2.45) is 0 Å². The van der Waals surface area contributed by atoms with Gasteiger partial charge >= 0.3 is 0 Å². The molecule has 4 heteroatoms. The third kappa shape index (κ3) is 4.37. The minimum atomic E-state index is 0.0829. The average Bonchev–Trinajstić information content (AvgIpc) is 2.43. The summed E-state index contributed by atoms with van der Waals surface area (Å²) in [7, 11) is 4.13. The maximum absolute atomic E-state index is 6.27. The number of nitrogens with one attached hydrogen (secondary N) is 1. The van der Waals surface area contributed by atoms with Gasteiger partial charge in [-0.25, -0.2) is 0 Å². The van der Waals surface area contributed by atoms with Gasteiger partial charge in [0, 0.05) is 22.3 Å². The average molecular weight is 323 g/mol. The molecule has 0 radical (unpaired) electrons. The molecule has 0 bridgehead atoms. The van der Waals surface area contributed by atoms with Crippen molar-refractivity contribution in [1.82, 2.24) is 4.90 Å². The largest absolute Gasteiger partial charge is 0.378 e. The van der Waals surface area contributed by atoms with Crippen LogP contribution < -0.4 is 5.32 Å². The van der Waals surface area contributed by atoms with E-state index in [1.54, 1.807) is 6.07 Å². The molecule has 0 spiro atoms. The van der Waals surface area contributed by atoms with E-state index in [1.807, 2.05) is 18.2 Å². The zero-order valence-corrected chi connectivity index (χ0v) is 14.0. The number of nitrogens with zero attached hydrogens (tertiary/aromatic N) is 1. The van der Waals surface area contributed by atoms with Crippen LogP contribution in [0.25, 0.3) is 0 Å². The van der Waals surface area contributed by atoms with Crippen LogP contribution in [0.2, 0.25) is 10.0 Å². The SMILES string of the molecule is CC(Nc1ccccc1CN(C)C)c1cc(Cl)ccc1Cl. The molecule has 2 rings (SSSR count). The topological polar surface area (TPSA) is 15.3 Å². The highest BCUT2D eigenvalue weighted by Gasteiger charge is 2.12. The highest BCUT2D eigenvalue weighted by atomic mass is 35.5. The second kappa shape index (κ2) is 7.17. The smallest absolute Gasteiger partial charge is 0.0501 e. The van der Waals surface area contributed by atoms with Crippen LogP contribution in [0, 0.1) is 0 Å². The van der Waals surface area contributed by atoms with Gasteiger partial charge in [0.1, 0.15) is 0 Å². The van der Waals surface area contributed by atoms with Crippen LogP contribution in [-0.2, 0) is 6.54 Å². The van der Waals surface area contributed by atoms with Crippen LogP contribution in [-0.4, -0.2) is 19.0 Å². The molecule has 0 fully saturated rings. The predicted octanol–water partition coefficient (Wildman–Crippen LogP) is 5.23. The number of hydrogen-bond donors (Lipinski definition) is 1. The van der Waals surface area contributed by atoms with E-state index in [0.29, 0.717) is 5.02 Å². The molecule has 0 aliphatic carbocycles. The van der Waals surface area contributed by atoms with Crippen LogP contribution in [0.15, 0.2) is 42.5 Å². The van der Waals surface area contributed by atoms with Crippen LogP contribution in [0.1, 0.15) is 24.1 Å². The minimum absolute atomic E-state index is 0.0829. The molecule has 1 unspecified atom stereocenters. The highest BCUT2D eigenvalue weighted by Crippen LogP contribution is 2.29.